The number of benzene rings is 2. The Balaban J connectivity index is 1.87. The lowest BCUT2D eigenvalue weighted by molar-refractivity contribution is -0.116. The number of nitrogen functional groups attached to an aromatic ring is 1. The van der Waals surface area contributed by atoms with E-state index in [9.17, 15) is 4.79 Å². The summed E-state index contributed by atoms with van der Waals surface area (Å²) >= 11 is 0. The number of carbonyl (C=O) groups is 1. The van der Waals surface area contributed by atoms with Crippen molar-refractivity contribution in [3.05, 3.63) is 65.7 Å². The maximum Gasteiger partial charge on any atom is 0.252 e. The first-order valence-corrected chi connectivity index (χ1v) is 8.66. The van der Waals surface area contributed by atoms with E-state index in [2.05, 4.69) is 5.32 Å². The standard InChI is InChI=1S/C21H24N2O/c22-18-13-11-16(12-14-18)15-20(17-7-3-1-4-8-17)21(24)23-19-9-5-2-6-10-19/h1,3-4,7-8,11-15,19H,2,5-6,9-10,22H2,(H,23,24)/b20-15+. The Morgan fingerprint density at radius 1 is 0.958 bits per heavy atom. The zero-order valence-corrected chi connectivity index (χ0v) is 13.9. The van der Waals surface area contributed by atoms with Crippen LogP contribution in [0, 0.1) is 0 Å². The lowest BCUT2D eigenvalue weighted by Crippen LogP contribution is -2.36. The minimum atomic E-state index is 0.00456. The lowest BCUT2D eigenvalue weighted by Gasteiger charge is -2.23. The van der Waals surface area contributed by atoms with Crippen LogP contribution in [0.3, 0.4) is 0 Å². The molecule has 0 heterocycles. The van der Waals surface area contributed by atoms with Gasteiger partial charge in [-0.15, -0.1) is 0 Å². The smallest absolute Gasteiger partial charge is 0.252 e. The largest absolute Gasteiger partial charge is 0.399 e. The van der Waals surface area contributed by atoms with Gasteiger partial charge in [0, 0.05) is 17.3 Å². The summed E-state index contributed by atoms with van der Waals surface area (Å²) < 4.78 is 0. The molecule has 0 unspecified atom stereocenters. The molecule has 1 saturated carbocycles. The molecule has 0 atom stereocenters. The zero-order valence-electron chi connectivity index (χ0n) is 13.9. The third-order valence-electron chi connectivity index (χ3n) is 4.52. The molecule has 3 heteroatoms. The quantitative estimate of drug-likeness (QED) is 0.502. The third-order valence-corrected chi connectivity index (χ3v) is 4.52. The van der Waals surface area contributed by atoms with Crippen molar-refractivity contribution in [3.8, 4) is 0 Å². The second kappa shape index (κ2) is 7.82. The van der Waals surface area contributed by atoms with Gasteiger partial charge in [0.25, 0.3) is 5.91 Å². The highest BCUT2D eigenvalue weighted by Crippen LogP contribution is 2.22. The summed E-state index contributed by atoms with van der Waals surface area (Å²) in [5.74, 6) is 0.00456. The van der Waals surface area contributed by atoms with Gasteiger partial charge in [-0.25, -0.2) is 0 Å². The lowest BCUT2D eigenvalue weighted by atomic mass is 9.94. The molecule has 1 aliphatic rings. The highest BCUT2D eigenvalue weighted by atomic mass is 16.1. The third kappa shape index (κ3) is 4.25. The number of rotatable bonds is 4. The molecule has 3 N–H and O–H groups in total. The maximum atomic E-state index is 12.9. The first-order chi connectivity index (χ1) is 11.7. The van der Waals surface area contributed by atoms with Crippen LogP contribution in [-0.4, -0.2) is 11.9 Å². The van der Waals surface area contributed by atoms with Crippen molar-refractivity contribution in [2.24, 2.45) is 0 Å². The molecule has 0 spiro atoms. The summed E-state index contributed by atoms with van der Waals surface area (Å²) in [7, 11) is 0. The van der Waals surface area contributed by atoms with Crippen molar-refractivity contribution in [2.45, 2.75) is 38.1 Å². The van der Waals surface area contributed by atoms with Crippen molar-refractivity contribution >= 4 is 23.2 Å². The van der Waals surface area contributed by atoms with Gasteiger partial charge >= 0.3 is 0 Å². The van der Waals surface area contributed by atoms with Gasteiger partial charge in [0.1, 0.15) is 0 Å². The Bertz CT molecular complexity index is 698. The van der Waals surface area contributed by atoms with Crippen LogP contribution in [0.15, 0.2) is 54.6 Å². The average Bonchev–Trinajstić information content (AvgIpc) is 2.63. The number of hydrogen-bond acceptors (Lipinski definition) is 2. The number of nitrogens with two attached hydrogens (primary N) is 1. The van der Waals surface area contributed by atoms with E-state index in [1.54, 1.807) is 0 Å². The van der Waals surface area contributed by atoms with Crippen LogP contribution in [0.5, 0.6) is 0 Å². The van der Waals surface area contributed by atoms with Gasteiger partial charge in [-0.2, -0.15) is 0 Å². The van der Waals surface area contributed by atoms with Crippen LogP contribution >= 0.6 is 0 Å². The summed E-state index contributed by atoms with van der Waals surface area (Å²) in [6.45, 7) is 0. The maximum absolute atomic E-state index is 12.9. The second-order valence-corrected chi connectivity index (χ2v) is 6.40. The van der Waals surface area contributed by atoms with E-state index < -0.39 is 0 Å². The number of anilines is 1. The van der Waals surface area contributed by atoms with E-state index in [-0.39, 0.29) is 5.91 Å². The van der Waals surface area contributed by atoms with Gasteiger partial charge in [0.2, 0.25) is 0 Å². The normalized spacial score (nSPS) is 15.9. The first-order valence-electron chi connectivity index (χ1n) is 8.66. The van der Waals surface area contributed by atoms with E-state index in [1.165, 1.54) is 19.3 Å². The Hall–Kier alpha value is -2.55. The number of hydrogen-bond donors (Lipinski definition) is 2. The van der Waals surface area contributed by atoms with Crippen LogP contribution in [-0.2, 0) is 4.79 Å². The predicted molar refractivity (Wildman–Crippen MR) is 100 cm³/mol. The number of carbonyl (C=O) groups excluding carboxylic acids is 1. The molecular weight excluding hydrogens is 296 g/mol. The van der Waals surface area contributed by atoms with E-state index in [0.717, 1.165) is 29.7 Å². The topological polar surface area (TPSA) is 55.1 Å². The summed E-state index contributed by atoms with van der Waals surface area (Å²) in [6.07, 6.45) is 7.78. The summed E-state index contributed by atoms with van der Waals surface area (Å²) in [5, 5.41) is 3.22. The molecule has 24 heavy (non-hydrogen) atoms. The van der Waals surface area contributed by atoms with Crippen LogP contribution in [0.25, 0.3) is 11.6 Å². The van der Waals surface area contributed by atoms with E-state index in [0.29, 0.717) is 11.6 Å². The SMILES string of the molecule is Nc1ccc(/C=C(/C(=O)NC2CCCCC2)c2ccccc2)cc1. The van der Waals surface area contributed by atoms with Crippen LogP contribution < -0.4 is 11.1 Å². The van der Waals surface area contributed by atoms with Gasteiger partial charge in [0.15, 0.2) is 0 Å². The molecule has 1 fully saturated rings. The Morgan fingerprint density at radius 3 is 2.29 bits per heavy atom. The fourth-order valence-electron chi connectivity index (χ4n) is 3.17. The summed E-state index contributed by atoms with van der Waals surface area (Å²) in [4.78, 5) is 12.9. The van der Waals surface area contributed by atoms with Crippen molar-refractivity contribution < 1.29 is 4.79 Å². The van der Waals surface area contributed by atoms with Gasteiger partial charge in [-0.3, -0.25) is 4.79 Å². The predicted octanol–water partition coefficient (Wildman–Crippen LogP) is 4.26. The molecule has 2 aromatic carbocycles. The van der Waals surface area contributed by atoms with Crippen molar-refractivity contribution in [3.63, 3.8) is 0 Å². The summed E-state index contributed by atoms with van der Waals surface area (Å²) in [6, 6.07) is 17.7. The molecule has 0 aliphatic heterocycles. The van der Waals surface area contributed by atoms with Gasteiger partial charge in [-0.1, -0.05) is 61.7 Å². The van der Waals surface area contributed by atoms with Crippen molar-refractivity contribution in [1.29, 1.82) is 0 Å². The Labute approximate surface area is 143 Å². The monoisotopic (exact) mass is 320 g/mol. The van der Waals surface area contributed by atoms with Gasteiger partial charge < -0.3 is 11.1 Å². The Kier molecular flexibility index (Phi) is 5.32. The first kappa shape index (κ1) is 16.3. The molecule has 1 amide bonds. The fraction of sp³-hybridized carbons (Fsp3) is 0.286. The number of amides is 1. The highest BCUT2D eigenvalue weighted by molar-refractivity contribution is 6.24. The van der Waals surface area contributed by atoms with E-state index in [4.69, 9.17) is 5.73 Å². The molecule has 1 aliphatic carbocycles. The molecule has 3 nitrogen and oxygen atoms in total. The van der Waals surface area contributed by atoms with Crippen LogP contribution in [0.1, 0.15) is 43.2 Å². The molecular formula is C21H24N2O. The summed E-state index contributed by atoms with van der Waals surface area (Å²) in [5.41, 5.74) is 9.08. The molecule has 0 radical (unpaired) electrons. The highest BCUT2D eigenvalue weighted by Gasteiger charge is 2.19. The molecule has 3 rings (SSSR count). The molecule has 2 aromatic rings. The molecule has 0 aromatic heterocycles. The minimum Gasteiger partial charge on any atom is -0.399 e. The molecule has 124 valence electrons. The van der Waals surface area contributed by atoms with Crippen LogP contribution in [0.4, 0.5) is 5.69 Å². The van der Waals surface area contributed by atoms with Crippen molar-refractivity contribution in [2.75, 3.05) is 5.73 Å². The van der Waals surface area contributed by atoms with Gasteiger partial charge in [-0.05, 0) is 42.2 Å². The molecule has 0 saturated heterocycles. The fourth-order valence-corrected chi connectivity index (χ4v) is 3.17. The minimum absolute atomic E-state index is 0.00456. The number of nitrogens with one attached hydrogen (secondary N) is 1. The van der Waals surface area contributed by atoms with E-state index in [1.807, 2.05) is 60.7 Å². The molecule has 0 bridgehead atoms. The zero-order chi connectivity index (χ0) is 16.8. The average molecular weight is 320 g/mol. The van der Waals surface area contributed by atoms with E-state index >= 15 is 0 Å². The van der Waals surface area contributed by atoms with Crippen LogP contribution in [0.2, 0.25) is 0 Å². The Morgan fingerprint density at radius 2 is 1.62 bits per heavy atom. The van der Waals surface area contributed by atoms with Crippen molar-refractivity contribution in [1.82, 2.24) is 5.32 Å². The van der Waals surface area contributed by atoms with Gasteiger partial charge in [0.05, 0.1) is 0 Å². The second-order valence-electron chi connectivity index (χ2n) is 6.40.